The van der Waals surface area contributed by atoms with Crippen molar-refractivity contribution in [1.29, 1.82) is 5.26 Å². The molecule has 0 bridgehead atoms. The highest BCUT2D eigenvalue weighted by molar-refractivity contribution is 6.02. The van der Waals surface area contributed by atoms with Gasteiger partial charge in [-0.3, -0.25) is 9.78 Å². The Balaban J connectivity index is 1.83. The first-order valence-corrected chi connectivity index (χ1v) is 10.3. The van der Waals surface area contributed by atoms with E-state index in [4.69, 9.17) is 5.26 Å². The Morgan fingerprint density at radius 1 is 1.18 bits per heavy atom. The van der Waals surface area contributed by atoms with Crippen molar-refractivity contribution in [2.24, 2.45) is 4.99 Å². The Morgan fingerprint density at radius 3 is 2.70 bits per heavy atom. The van der Waals surface area contributed by atoms with Gasteiger partial charge in [0, 0.05) is 39.6 Å². The fraction of sp³-hybridized carbons (Fsp3) is 0.208. The van der Waals surface area contributed by atoms with Crippen molar-refractivity contribution in [2.75, 3.05) is 26.0 Å². The van der Waals surface area contributed by atoms with E-state index < -0.39 is 0 Å². The standard InChI is InChI=1S/C24H24FN7O/c1-32(2)23(30-16-26)21-9-8-20(24(33)29-15-18-6-4-11-27-14-18)22(31-21)28-12-10-17-5-3-7-19(25)13-17/h3-9,11,13-14H,10,12,15H2,1-2H3,(H,28,31)(H,29,33). The van der Waals surface area contributed by atoms with Gasteiger partial charge in [0.1, 0.15) is 17.3 Å². The van der Waals surface area contributed by atoms with Gasteiger partial charge in [-0.15, -0.1) is 0 Å². The molecular formula is C24H24FN7O. The summed E-state index contributed by atoms with van der Waals surface area (Å²) < 4.78 is 13.5. The van der Waals surface area contributed by atoms with Gasteiger partial charge in [-0.25, -0.2) is 9.37 Å². The molecule has 0 aliphatic carbocycles. The van der Waals surface area contributed by atoms with Crippen LogP contribution in [0.2, 0.25) is 0 Å². The van der Waals surface area contributed by atoms with E-state index in [9.17, 15) is 9.18 Å². The minimum atomic E-state index is -0.310. The zero-order valence-corrected chi connectivity index (χ0v) is 18.4. The van der Waals surface area contributed by atoms with Crippen molar-refractivity contribution in [3.63, 3.8) is 0 Å². The summed E-state index contributed by atoms with van der Waals surface area (Å²) >= 11 is 0. The van der Waals surface area contributed by atoms with E-state index in [1.165, 1.54) is 12.1 Å². The van der Waals surface area contributed by atoms with Gasteiger partial charge in [-0.2, -0.15) is 10.3 Å². The zero-order chi connectivity index (χ0) is 23.6. The van der Waals surface area contributed by atoms with Gasteiger partial charge in [0.05, 0.1) is 5.56 Å². The summed E-state index contributed by atoms with van der Waals surface area (Å²) in [7, 11) is 3.51. The molecule has 2 aromatic heterocycles. The van der Waals surface area contributed by atoms with E-state index in [0.29, 0.717) is 42.4 Å². The number of hydrogen-bond acceptors (Lipinski definition) is 6. The van der Waals surface area contributed by atoms with E-state index in [0.717, 1.165) is 11.1 Å². The molecule has 9 heteroatoms. The summed E-state index contributed by atoms with van der Waals surface area (Å²) in [6.07, 6.45) is 5.66. The first-order valence-electron chi connectivity index (χ1n) is 10.3. The van der Waals surface area contributed by atoms with Gasteiger partial charge in [0.15, 0.2) is 5.84 Å². The SMILES string of the molecule is CN(C)C(=NC#N)c1ccc(C(=O)NCc2cccnc2)c(NCCc2cccc(F)c2)n1. The Bertz CT molecular complexity index is 1170. The first-order chi connectivity index (χ1) is 16.0. The van der Waals surface area contributed by atoms with Crippen LogP contribution in [0.25, 0.3) is 0 Å². The molecule has 0 aliphatic rings. The number of carbonyl (C=O) groups excluding carboxylic acids is 1. The second-order valence-electron chi connectivity index (χ2n) is 7.37. The predicted octanol–water partition coefficient (Wildman–Crippen LogP) is 2.99. The molecule has 0 aliphatic heterocycles. The highest BCUT2D eigenvalue weighted by Crippen LogP contribution is 2.16. The van der Waals surface area contributed by atoms with Crippen molar-refractivity contribution in [3.05, 3.63) is 89.1 Å². The fourth-order valence-electron chi connectivity index (χ4n) is 3.13. The number of nitrogens with one attached hydrogen (secondary N) is 2. The van der Waals surface area contributed by atoms with Crippen molar-refractivity contribution >= 4 is 17.6 Å². The normalized spacial score (nSPS) is 10.9. The Kier molecular flexibility index (Phi) is 8.02. The number of amides is 1. The number of amidine groups is 1. The highest BCUT2D eigenvalue weighted by atomic mass is 19.1. The van der Waals surface area contributed by atoms with Crippen molar-refractivity contribution < 1.29 is 9.18 Å². The lowest BCUT2D eigenvalue weighted by Crippen LogP contribution is -2.27. The van der Waals surface area contributed by atoms with Crippen LogP contribution in [-0.2, 0) is 13.0 Å². The molecule has 33 heavy (non-hydrogen) atoms. The second-order valence-corrected chi connectivity index (χ2v) is 7.37. The number of benzene rings is 1. The maximum absolute atomic E-state index is 13.5. The van der Waals surface area contributed by atoms with Crippen LogP contribution in [0.15, 0.2) is 65.9 Å². The molecule has 1 amide bonds. The predicted molar refractivity (Wildman–Crippen MR) is 124 cm³/mol. The van der Waals surface area contributed by atoms with Gasteiger partial charge >= 0.3 is 0 Å². The van der Waals surface area contributed by atoms with E-state index in [2.05, 4.69) is 25.6 Å². The zero-order valence-electron chi connectivity index (χ0n) is 18.4. The molecule has 168 valence electrons. The third-order valence-corrected chi connectivity index (χ3v) is 4.72. The molecule has 3 rings (SSSR count). The Labute approximate surface area is 191 Å². The number of halogens is 1. The highest BCUT2D eigenvalue weighted by Gasteiger charge is 2.17. The average Bonchev–Trinajstić information content (AvgIpc) is 2.81. The fourth-order valence-corrected chi connectivity index (χ4v) is 3.13. The summed E-state index contributed by atoms with van der Waals surface area (Å²) in [5.74, 6) is 0.106. The number of pyridine rings is 2. The van der Waals surface area contributed by atoms with Crippen molar-refractivity contribution in [3.8, 4) is 6.19 Å². The number of nitrogens with zero attached hydrogens (tertiary/aromatic N) is 5. The third kappa shape index (κ3) is 6.58. The van der Waals surface area contributed by atoms with E-state index in [1.807, 2.05) is 12.1 Å². The summed E-state index contributed by atoms with van der Waals surface area (Å²) in [5.41, 5.74) is 2.48. The van der Waals surface area contributed by atoms with Gasteiger partial charge in [0.25, 0.3) is 5.91 Å². The number of anilines is 1. The smallest absolute Gasteiger partial charge is 0.255 e. The lowest BCUT2D eigenvalue weighted by Gasteiger charge is -2.17. The number of carbonyl (C=O) groups is 1. The summed E-state index contributed by atoms with van der Waals surface area (Å²) in [6.45, 7) is 0.742. The second kappa shape index (κ2) is 11.3. The molecule has 0 atom stereocenters. The molecule has 0 saturated carbocycles. The van der Waals surface area contributed by atoms with Crippen LogP contribution < -0.4 is 10.6 Å². The van der Waals surface area contributed by atoms with Gasteiger partial charge in [-0.1, -0.05) is 18.2 Å². The Morgan fingerprint density at radius 2 is 2.00 bits per heavy atom. The van der Waals surface area contributed by atoms with Gasteiger partial charge in [-0.05, 0) is 47.9 Å². The molecule has 0 radical (unpaired) electrons. The molecule has 2 heterocycles. The maximum atomic E-state index is 13.5. The quantitative estimate of drug-likeness (QED) is 0.314. The number of aliphatic imine (C=N–C) groups is 1. The van der Waals surface area contributed by atoms with Gasteiger partial charge in [0.2, 0.25) is 6.19 Å². The third-order valence-electron chi connectivity index (χ3n) is 4.72. The molecule has 0 spiro atoms. The number of hydrogen-bond donors (Lipinski definition) is 2. The molecule has 0 saturated heterocycles. The summed E-state index contributed by atoms with van der Waals surface area (Å²) in [4.78, 5) is 27.0. The summed E-state index contributed by atoms with van der Waals surface area (Å²) in [6, 6.07) is 13.3. The topological polar surface area (TPSA) is 106 Å². The number of aromatic nitrogens is 2. The Hall–Kier alpha value is -4.32. The van der Waals surface area contributed by atoms with E-state index in [1.54, 1.807) is 61.8 Å². The summed E-state index contributed by atoms with van der Waals surface area (Å²) in [5, 5.41) is 15.1. The first kappa shape index (κ1) is 23.3. The van der Waals surface area contributed by atoms with Crippen LogP contribution in [0.4, 0.5) is 10.2 Å². The molecule has 8 nitrogen and oxygen atoms in total. The minimum absolute atomic E-state index is 0.300. The largest absolute Gasteiger partial charge is 0.369 e. The van der Waals surface area contributed by atoms with Crippen LogP contribution in [0.1, 0.15) is 27.2 Å². The maximum Gasteiger partial charge on any atom is 0.255 e. The van der Waals surface area contributed by atoms with Crippen molar-refractivity contribution in [1.82, 2.24) is 20.2 Å². The number of rotatable bonds is 8. The molecule has 1 aromatic carbocycles. The minimum Gasteiger partial charge on any atom is -0.369 e. The lowest BCUT2D eigenvalue weighted by atomic mass is 10.1. The van der Waals surface area contributed by atoms with Crippen LogP contribution >= 0.6 is 0 Å². The average molecular weight is 446 g/mol. The van der Waals surface area contributed by atoms with Crippen molar-refractivity contribution in [2.45, 2.75) is 13.0 Å². The molecule has 0 fully saturated rings. The van der Waals surface area contributed by atoms with Gasteiger partial charge < -0.3 is 15.5 Å². The van der Waals surface area contributed by atoms with E-state index >= 15 is 0 Å². The lowest BCUT2D eigenvalue weighted by molar-refractivity contribution is 0.0951. The number of nitriles is 1. The molecular weight excluding hydrogens is 421 g/mol. The van der Waals surface area contributed by atoms with Crippen LogP contribution in [-0.4, -0.2) is 47.3 Å². The van der Waals surface area contributed by atoms with Crippen LogP contribution in [0.3, 0.4) is 0 Å². The molecule has 0 unspecified atom stereocenters. The molecule has 3 aromatic rings. The van der Waals surface area contributed by atoms with Crippen LogP contribution in [0.5, 0.6) is 0 Å². The monoisotopic (exact) mass is 445 g/mol. The van der Waals surface area contributed by atoms with Crippen LogP contribution in [0, 0.1) is 17.3 Å². The van der Waals surface area contributed by atoms with E-state index in [-0.39, 0.29) is 11.7 Å². The molecule has 2 N–H and O–H groups in total.